The molecule has 1 fully saturated rings. The first-order valence-electron chi connectivity index (χ1n) is 4.63. The van der Waals surface area contributed by atoms with Gasteiger partial charge in [0.1, 0.15) is 0 Å². The molecule has 0 radical (unpaired) electrons. The normalized spacial score (nSPS) is 25.6. The van der Waals surface area contributed by atoms with Crippen molar-refractivity contribution in [3.05, 3.63) is 0 Å². The summed E-state index contributed by atoms with van der Waals surface area (Å²) in [5.74, 6) is 0. The van der Waals surface area contributed by atoms with Crippen molar-refractivity contribution in [1.82, 2.24) is 5.32 Å². The summed E-state index contributed by atoms with van der Waals surface area (Å²) in [5, 5.41) is 12.2. The molecule has 0 aromatic heterocycles. The fourth-order valence-corrected chi connectivity index (χ4v) is 1.12. The molecule has 2 heteroatoms. The Balaban J connectivity index is 0.000000292. The van der Waals surface area contributed by atoms with Crippen molar-refractivity contribution < 1.29 is 5.11 Å². The lowest BCUT2D eigenvalue weighted by Gasteiger charge is -2.11. The Morgan fingerprint density at radius 2 is 2.09 bits per heavy atom. The highest BCUT2D eigenvalue weighted by atomic mass is 16.3. The van der Waals surface area contributed by atoms with Crippen LogP contribution in [0, 0.1) is 0 Å². The van der Waals surface area contributed by atoms with E-state index in [0.717, 1.165) is 13.0 Å². The molecule has 68 valence electrons. The van der Waals surface area contributed by atoms with Crippen LogP contribution in [0.4, 0.5) is 0 Å². The van der Waals surface area contributed by atoms with Crippen LogP contribution in [-0.2, 0) is 0 Å². The summed E-state index contributed by atoms with van der Waals surface area (Å²) in [7, 11) is 0. The fourth-order valence-electron chi connectivity index (χ4n) is 1.12. The maximum Gasteiger partial charge on any atom is 0.0665 e. The van der Waals surface area contributed by atoms with Crippen LogP contribution in [0.5, 0.6) is 0 Å². The molecule has 0 aromatic rings. The summed E-state index contributed by atoms with van der Waals surface area (Å²) < 4.78 is 0. The zero-order valence-electron chi connectivity index (χ0n) is 7.93. The summed E-state index contributed by atoms with van der Waals surface area (Å²) in [6, 6.07) is 0.370. The largest absolute Gasteiger partial charge is 0.392 e. The second kappa shape index (κ2) is 6.62. The van der Waals surface area contributed by atoms with Crippen molar-refractivity contribution in [1.29, 1.82) is 0 Å². The maximum atomic E-state index is 8.99. The molecule has 2 nitrogen and oxygen atoms in total. The lowest BCUT2D eigenvalue weighted by atomic mass is 10.1. The summed E-state index contributed by atoms with van der Waals surface area (Å²) >= 11 is 0. The lowest BCUT2D eigenvalue weighted by Crippen LogP contribution is -2.32. The van der Waals surface area contributed by atoms with Crippen LogP contribution in [0.25, 0.3) is 0 Å². The van der Waals surface area contributed by atoms with E-state index < -0.39 is 0 Å². The van der Waals surface area contributed by atoms with E-state index in [1.807, 2.05) is 6.92 Å². The third-order valence-corrected chi connectivity index (χ3v) is 1.68. The Morgan fingerprint density at radius 3 is 2.27 bits per heavy atom. The molecule has 1 heterocycles. The minimum atomic E-state index is -0.169. The predicted molar refractivity (Wildman–Crippen MR) is 48.7 cm³/mol. The molecule has 0 spiro atoms. The van der Waals surface area contributed by atoms with Crippen molar-refractivity contribution in [3.63, 3.8) is 0 Å². The monoisotopic (exact) mass is 159 g/mol. The van der Waals surface area contributed by atoms with Gasteiger partial charge in [0.2, 0.25) is 0 Å². The smallest absolute Gasteiger partial charge is 0.0665 e. The van der Waals surface area contributed by atoms with E-state index in [0.29, 0.717) is 6.04 Å². The van der Waals surface area contributed by atoms with Crippen LogP contribution < -0.4 is 5.32 Å². The molecule has 1 aliphatic heterocycles. The van der Waals surface area contributed by atoms with Gasteiger partial charge in [-0.15, -0.1) is 0 Å². The Hall–Kier alpha value is -0.0800. The van der Waals surface area contributed by atoms with Crippen LogP contribution in [0.1, 0.15) is 40.0 Å². The van der Waals surface area contributed by atoms with Crippen LogP contribution in [-0.4, -0.2) is 23.8 Å². The molecule has 2 unspecified atom stereocenters. The first-order chi connectivity index (χ1) is 5.22. The van der Waals surface area contributed by atoms with Gasteiger partial charge in [-0.1, -0.05) is 20.3 Å². The minimum absolute atomic E-state index is 0.169. The SMILES string of the molecule is CC(O)C1CCCN1.CCC. The topological polar surface area (TPSA) is 32.3 Å². The highest BCUT2D eigenvalue weighted by molar-refractivity contribution is 4.77. The van der Waals surface area contributed by atoms with Gasteiger partial charge in [-0.2, -0.15) is 0 Å². The fraction of sp³-hybridized carbons (Fsp3) is 1.00. The molecule has 2 atom stereocenters. The second-order valence-corrected chi connectivity index (χ2v) is 3.15. The summed E-state index contributed by atoms with van der Waals surface area (Å²) in [6.45, 7) is 7.17. The van der Waals surface area contributed by atoms with Gasteiger partial charge in [-0.25, -0.2) is 0 Å². The van der Waals surface area contributed by atoms with Crippen molar-refractivity contribution in [3.8, 4) is 0 Å². The van der Waals surface area contributed by atoms with E-state index in [2.05, 4.69) is 19.2 Å². The Kier molecular flexibility index (Phi) is 6.57. The average molecular weight is 159 g/mol. The lowest BCUT2D eigenvalue weighted by molar-refractivity contribution is 0.154. The van der Waals surface area contributed by atoms with Crippen LogP contribution >= 0.6 is 0 Å². The number of nitrogens with one attached hydrogen (secondary N) is 1. The van der Waals surface area contributed by atoms with Gasteiger partial charge in [-0.3, -0.25) is 0 Å². The molecule has 0 aromatic carbocycles. The van der Waals surface area contributed by atoms with Gasteiger partial charge in [0.15, 0.2) is 0 Å². The molecule has 0 saturated carbocycles. The molecule has 1 aliphatic rings. The van der Waals surface area contributed by atoms with E-state index in [4.69, 9.17) is 5.11 Å². The van der Waals surface area contributed by atoms with Gasteiger partial charge in [0.05, 0.1) is 6.10 Å². The molecule has 0 aliphatic carbocycles. The van der Waals surface area contributed by atoms with E-state index in [9.17, 15) is 0 Å². The average Bonchev–Trinajstić information content (AvgIpc) is 2.38. The van der Waals surface area contributed by atoms with Gasteiger partial charge in [0, 0.05) is 6.04 Å². The standard InChI is InChI=1S/C6H13NO.C3H8/c1-5(8)6-3-2-4-7-6;1-3-2/h5-8H,2-4H2,1H3;3H2,1-2H3. The van der Waals surface area contributed by atoms with E-state index >= 15 is 0 Å². The minimum Gasteiger partial charge on any atom is -0.392 e. The molecule has 0 bridgehead atoms. The van der Waals surface area contributed by atoms with Crippen molar-refractivity contribution >= 4 is 0 Å². The number of aliphatic hydroxyl groups is 1. The van der Waals surface area contributed by atoms with Crippen LogP contribution in [0.3, 0.4) is 0 Å². The maximum absolute atomic E-state index is 8.99. The van der Waals surface area contributed by atoms with Gasteiger partial charge < -0.3 is 10.4 Å². The first-order valence-corrected chi connectivity index (χ1v) is 4.63. The molecule has 1 rings (SSSR count). The zero-order valence-corrected chi connectivity index (χ0v) is 7.93. The second-order valence-electron chi connectivity index (χ2n) is 3.15. The number of hydrogen-bond donors (Lipinski definition) is 2. The van der Waals surface area contributed by atoms with Gasteiger partial charge in [-0.05, 0) is 26.3 Å². The number of rotatable bonds is 1. The first kappa shape index (κ1) is 10.9. The Morgan fingerprint density at radius 1 is 1.55 bits per heavy atom. The third kappa shape index (κ3) is 5.22. The summed E-state index contributed by atoms with van der Waals surface area (Å²) in [4.78, 5) is 0. The van der Waals surface area contributed by atoms with Crippen molar-refractivity contribution in [2.75, 3.05) is 6.54 Å². The van der Waals surface area contributed by atoms with Gasteiger partial charge in [0.25, 0.3) is 0 Å². The highest BCUT2D eigenvalue weighted by Crippen LogP contribution is 2.07. The highest BCUT2D eigenvalue weighted by Gasteiger charge is 2.17. The molecule has 11 heavy (non-hydrogen) atoms. The van der Waals surface area contributed by atoms with Gasteiger partial charge >= 0.3 is 0 Å². The van der Waals surface area contributed by atoms with Crippen molar-refractivity contribution in [2.45, 2.75) is 52.2 Å². The van der Waals surface area contributed by atoms with E-state index in [1.165, 1.54) is 12.8 Å². The quantitative estimate of drug-likeness (QED) is 0.608. The summed E-state index contributed by atoms with van der Waals surface area (Å²) in [6.07, 6.45) is 3.44. The number of hydrogen-bond acceptors (Lipinski definition) is 2. The predicted octanol–water partition coefficient (Wildman–Crippen LogP) is 1.54. The molecular formula is C9H21NO. The Bertz CT molecular complexity index is 77.6. The van der Waals surface area contributed by atoms with Crippen molar-refractivity contribution in [2.24, 2.45) is 0 Å². The molecule has 2 N–H and O–H groups in total. The summed E-state index contributed by atoms with van der Waals surface area (Å²) in [5.41, 5.74) is 0. The third-order valence-electron chi connectivity index (χ3n) is 1.68. The van der Waals surface area contributed by atoms with Crippen LogP contribution in [0.2, 0.25) is 0 Å². The number of aliphatic hydroxyl groups excluding tert-OH is 1. The molecular weight excluding hydrogens is 138 g/mol. The molecule has 0 amide bonds. The van der Waals surface area contributed by atoms with E-state index in [-0.39, 0.29) is 6.10 Å². The Labute approximate surface area is 70.0 Å². The molecule has 1 saturated heterocycles. The zero-order chi connectivity index (χ0) is 8.69. The van der Waals surface area contributed by atoms with Crippen LogP contribution in [0.15, 0.2) is 0 Å². The van der Waals surface area contributed by atoms with E-state index in [1.54, 1.807) is 0 Å².